The monoisotopic (exact) mass is 380 g/mol. The smallest absolute Gasteiger partial charge is 0.257 e. The van der Waals surface area contributed by atoms with Crippen LogP contribution >= 0.6 is 11.3 Å². The summed E-state index contributed by atoms with van der Waals surface area (Å²) in [6.07, 6.45) is 2.49. The zero-order valence-corrected chi connectivity index (χ0v) is 15.8. The molecule has 9 heteroatoms. The Kier molecular flexibility index (Phi) is 5.16. The largest absolute Gasteiger partial charge is 0.296 e. The van der Waals surface area contributed by atoms with Crippen LogP contribution in [-0.4, -0.2) is 41.9 Å². The van der Waals surface area contributed by atoms with Crippen LogP contribution in [-0.2, 0) is 16.4 Å². The van der Waals surface area contributed by atoms with E-state index < -0.39 is 15.9 Å². The number of amides is 1. The molecular weight excluding hydrogens is 360 g/mol. The quantitative estimate of drug-likeness (QED) is 0.860. The van der Waals surface area contributed by atoms with Gasteiger partial charge in [-0.05, 0) is 43.9 Å². The van der Waals surface area contributed by atoms with E-state index in [9.17, 15) is 13.2 Å². The van der Waals surface area contributed by atoms with Gasteiger partial charge in [-0.3, -0.25) is 10.1 Å². The summed E-state index contributed by atoms with van der Waals surface area (Å²) in [6, 6.07) is 4.73. The second-order valence-electron chi connectivity index (χ2n) is 5.90. The molecule has 0 saturated carbocycles. The molecule has 1 aromatic heterocycles. The van der Waals surface area contributed by atoms with Crippen molar-refractivity contribution in [2.24, 2.45) is 0 Å². The second kappa shape index (κ2) is 7.19. The summed E-state index contributed by atoms with van der Waals surface area (Å²) in [5, 5.41) is 11.8. The minimum absolute atomic E-state index is 0.188. The summed E-state index contributed by atoms with van der Waals surface area (Å²) < 4.78 is 27.1. The highest BCUT2D eigenvalue weighted by atomic mass is 32.2. The van der Waals surface area contributed by atoms with Gasteiger partial charge in [0.2, 0.25) is 15.2 Å². The molecule has 1 saturated heterocycles. The summed E-state index contributed by atoms with van der Waals surface area (Å²) in [4.78, 5) is 12.6. The lowest BCUT2D eigenvalue weighted by atomic mass is 10.1. The van der Waals surface area contributed by atoms with Crippen molar-refractivity contribution >= 4 is 32.4 Å². The molecule has 1 amide bonds. The number of rotatable bonds is 5. The fourth-order valence-electron chi connectivity index (χ4n) is 2.70. The molecule has 25 heavy (non-hydrogen) atoms. The number of aromatic nitrogens is 2. The van der Waals surface area contributed by atoms with Gasteiger partial charge in [-0.25, -0.2) is 8.42 Å². The maximum atomic E-state index is 12.8. The summed E-state index contributed by atoms with van der Waals surface area (Å²) in [7, 11) is -3.57. The molecule has 0 radical (unpaired) electrons. The molecule has 1 aliphatic heterocycles. The Balaban J connectivity index is 1.86. The van der Waals surface area contributed by atoms with Crippen LogP contribution in [0.1, 0.15) is 40.7 Å². The van der Waals surface area contributed by atoms with Crippen LogP contribution in [0.4, 0.5) is 5.13 Å². The number of benzene rings is 1. The standard InChI is InChI=1S/C16H20N4O3S2/c1-3-14-18-19-16(24-14)17-15(21)12-7-6-11(2)13(10-12)25(22,23)20-8-4-5-9-20/h6-7,10H,3-5,8-9H2,1-2H3,(H,17,19,21). The number of hydrogen-bond donors (Lipinski definition) is 1. The van der Waals surface area contributed by atoms with Crippen LogP contribution in [0.5, 0.6) is 0 Å². The minimum atomic E-state index is -3.57. The molecular formula is C16H20N4O3S2. The molecule has 1 aromatic carbocycles. The number of anilines is 1. The summed E-state index contributed by atoms with van der Waals surface area (Å²) >= 11 is 1.31. The van der Waals surface area contributed by atoms with E-state index in [1.165, 1.54) is 21.7 Å². The highest BCUT2D eigenvalue weighted by molar-refractivity contribution is 7.89. The fraction of sp³-hybridized carbons (Fsp3) is 0.438. The maximum Gasteiger partial charge on any atom is 0.257 e. The van der Waals surface area contributed by atoms with Crippen LogP contribution in [0.2, 0.25) is 0 Å². The lowest BCUT2D eigenvalue weighted by Gasteiger charge is -2.17. The van der Waals surface area contributed by atoms with Gasteiger partial charge in [-0.1, -0.05) is 24.3 Å². The Morgan fingerprint density at radius 1 is 1.28 bits per heavy atom. The van der Waals surface area contributed by atoms with Crippen LogP contribution in [0.25, 0.3) is 0 Å². The molecule has 3 rings (SSSR count). The lowest BCUT2D eigenvalue weighted by molar-refractivity contribution is 0.102. The molecule has 134 valence electrons. The molecule has 2 aromatic rings. The van der Waals surface area contributed by atoms with Crippen LogP contribution in [0, 0.1) is 6.92 Å². The lowest BCUT2D eigenvalue weighted by Crippen LogP contribution is -2.28. The number of sulfonamides is 1. The first-order valence-corrected chi connectivity index (χ1v) is 10.4. The average molecular weight is 380 g/mol. The molecule has 1 fully saturated rings. The average Bonchev–Trinajstić information content (AvgIpc) is 3.26. The van der Waals surface area contributed by atoms with Crippen LogP contribution in [0.3, 0.4) is 0 Å². The number of nitrogens with zero attached hydrogens (tertiary/aromatic N) is 3. The number of nitrogens with one attached hydrogen (secondary N) is 1. The predicted molar refractivity (Wildman–Crippen MR) is 96.4 cm³/mol. The number of aryl methyl sites for hydroxylation is 2. The molecule has 0 bridgehead atoms. The van der Waals surface area contributed by atoms with E-state index in [0.29, 0.717) is 23.8 Å². The first-order chi connectivity index (χ1) is 11.9. The van der Waals surface area contributed by atoms with E-state index in [1.54, 1.807) is 19.1 Å². The molecule has 0 atom stereocenters. The van der Waals surface area contributed by atoms with Gasteiger partial charge < -0.3 is 0 Å². The first kappa shape index (κ1) is 18.0. The fourth-order valence-corrected chi connectivity index (χ4v) is 5.15. The van der Waals surface area contributed by atoms with Crippen LogP contribution in [0.15, 0.2) is 23.1 Å². The summed E-state index contributed by atoms with van der Waals surface area (Å²) in [6.45, 7) is 4.76. The third-order valence-corrected chi connectivity index (χ3v) is 7.15. The molecule has 7 nitrogen and oxygen atoms in total. The number of carbonyl (C=O) groups is 1. The first-order valence-electron chi connectivity index (χ1n) is 8.16. The van der Waals surface area contributed by atoms with Gasteiger partial charge in [0.25, 0.3) is 5.91 Å². The van der Waals surface area contributed by atoms with E-state index in [2.05, 4.69) is 15.5 Å². The van der Waals surface area contributed by atoms with Gasteiger partial charge in [0.15, 0.2) is 0 Å². The SMILES string of the molecule is CCc1nnc(NC(=O)c2ccc(C)c(S(=O)(=O)N3CCCC3)c2)s1. The number of carbonyl (C=O) groups excluding carboxylic acids is 1. The van der Waals surface area contributed by atoms with Crippen molar-refractivity contribution in [2.75, 3.05) is 18.4 Å². The van der Waals surface area contributed by atoms with Crippen molar-refractivity contribution < 1.29 is 13.2 Å². The predicted octanol–water partition coefficient (Wildman–Crippen LogP) is 2.45. The zero-order valence-electron chi connectivity index (χ0n) is 14.2. The van der Waals surface area contributed by atoms with Crippen molar-refractivity contribution in [1.82, 2.24) is 14.5 Å². The van der Waals surface area contributed by atoms with E-state index in [0.717, 1.165) is 24.3 Å². The van der Waals surface area contributed by atoms with Crippen molar-refractivity contribution in [1.29, 1.82) is 0 Å². The molecule has 0 spiro atoms. The van der Waals surface area contributed by atoms with E-state index in [-0.39, 0.29) is 10.5 Å². The number of hydrogen-bond acceptors (Lipinski definition) is 6. The summed E-state index contributed by atoms with van der Waals surface area (Å²) in [5.41, 5.74) is 0.921. The third-order valence-electron chi connectivity index (χ3n) is 4.12. The zero-order chi connectivity index (χ0) is 18.0. The topological polar surface area (TPSA) is 92.3 Å². The van der Waals surface area contributed by atoms with Gasteiger partial charge in [0.05, 0.1) is 4.90 Å². The minimum Gasteiger partial charge on any atom is -0.296 e. The highest BCUT2D eigenvalue weighted by Crippen LogP contribution is 2.25. The normalized spacial score (nSPS) is 15.4. The molecule has 2 heterocycles. The van der Waals surface area contributed by atoms with E-state index in [1.807, 2.05) is 6.92 Å². The van der Waals surface area contributed by atoms with Crippen LogP contribution < -0.4 is 5.32 Å². The molecule has 1 N–H and O–H groups in total. The molecule has 0 aliphatic carbocycles. The molecule has 0 unspecified atom stereocenters. The van der Waals surface area contributed by atoms with Crippen molar-refractivity contribution in [3.8, 4) is 0 Å². The van der Waals surface area contributed by atoms with E-state index in [4.69, 9.17) is 0 Å². The Labute approximate surface area is 151 Å². The van der Waals surface area contributed by atoms with Crippen molar-refractivity contribution in [3.05, 3.63) is 34.3 Å². The maximum absolute atomic E-state index is 12.8. The van der Waals surface area contributed by atoms with Gasteiger partial charge >= 0.3 is 0 Å². The third kappa shape index (κ3) is 3.73. The van der Waals surface area contributed by atoms with Gasteiger partial charge in [-0.2, -0.15) is 4.31 Å². The van der Waals surface area contributed by atoms with Gasteiger partial charge in [0.1, 0.15) is 5.01 Å². The Bertz CT molecular complexity index is 887. The highest BCUT2D eigenvalue weighted by Gasteiger charge is 2.29. The molecule has 1 aliphatic rings. The van der Waals surface area contributed by atoms with E-state index >= 15 is 0 Å². The second-order valence-corrected chi connectivity index (χ2v) is 8.87. The summed E-state index contributed by atoms with van der Waals surface area (Å²) in [5.74, 6) is -0.392. The van der Waals surface area contributed by atoms with Crippen molar-refractivity contribution in [3.63, 3.8) is 0 Å². The Morgan fingerprint density at radius 2 is 2.00 bits per heavy atom. The van der Waals surface area contributed by atoms with Crippen molar-refractivity contribution in [2.45, 2.75) is 38.0 Å². The van der Waals surface area contributed by atoms with Gasteiger partial charge in [0, 0.05) is 18.7 Å². The Hall–Kier alpha value is -1.84. The van der Waals surface area contributed by atoms with Gasteiger partial charge in [-0.15, -0.1) is 10.2 Å². The Morgan fingerprint density at radius 3 is 2.64 bits per heavy atom.